The highest BCUT2D eigenvalue weighted by Crippen LogP contribution is 2.34. The van der Waals surface area contributed by atoms with Gasteiger partial charge in [-0.25, -0.2) is 0 Å². The minimum Gasteiger partial charge on any atom is -0.189 e. The van der Waals surface area contributed by atoms with Gasteiger partial charge in [0.05, 0.1) is 11.1 Å². The van der Waals surface area contributed by atoms with Gasteiger partial charge >= 0.3 is 15.6 Å². The molecule has 0 N–H and O–H groups in total. The Morgan fingerprint density at radius 1 is 1.31 bits per heavy atom. The molecule has 0 unspecified atom stereocenters. The molecule has 0 aliphatic heterocycles. The van der Waals surface area contributed by atoms with Crippen LogP contribution in [-0.2, 0) is 13.7 Å². The molecule has 0 radical (unpaired) electrons. The second-order valence-electron chi connectivity index (χ2n) is 2.18. The fraction of sp³-hybridized carbons (Fsp3) is 1.00. The van der Waals surface area contributed by atoms with E-state index in [-0.39, 0.29) is 16.3 Å². The average molecular weight is 256 g/mol. The van der Waals surface area contributed by atoms with Crippen LogP contribution in [0.4, 0.5) is 13.2 Å². The van der Waals surface area contributed by atoms with Gasteiger partial charge < -0.3 is 0 Å². The zero-order valence-electron chi connectivity index (χ0n) is 6.66. The fourth-order valence-corrected chi connectivity index (χ4v) is 2.47. The molecule has 0 heterocycles. The van der Waals surface area contributed by atoms with Crippen LogP contribution in [0.15, 0.2) is 0 Å². The van der Waals surface area contributed by atoms with E-state index < -0.39 is 15.6 Å². The van der Waals surface area contributed by atoms with E-state index in [1.54, 1.807) is 13.8 Å². The Labute approximate surface area is 82.1 Å². The summed E-state index contributed by atoms with van der Waals surface area (Å²) in [4.78, 5) is 0. The first-order valence-electron chi connectivity index (χ1n) is 2.99. The van der Waals surface area contributed by atoms with Crippen molar-refractivity contribution >= 4 is 32.0 Å². The first kappa shape index (κ1) is 13.4. The molecule has 9 heteroatoms. The van der Waals surface area contributed by atoms with Crippen LogP contribution < -0.4 is 0 Å². The smallest absolute Gasteiger partial charge is 0.189 e. The first-order valence-corrected chi connectivity index (χ1v) is 6.54. The highest BCUT2D eigenvalue weighted by Gasteiger charge is 2.48. The molecule has 0 rings (SSSR count). The summed E-state index contributed by atoms with van der Waals surface area (Å²) >= 11 is 0.204. The maximum atomic E-state index is 11.6. The van der Waals surface area contributed by atoms with Crippen LogP contribution in [0.5, 0.6) is 0 Å². The van der Waals surface area contributed by atoms with E-state index in [0.29, 0.717) is 0 Å². The molecule has 0 aliphatic rings. The largest absolute Gasteiger partial charge is 0.524 e. The maximum Gasteiger partial charge on any atom is 0.524 e. The van der Waals surface area contributed by atoms with Crippen molar-refractivity contribution in [2.45, 2.75) is 24.6 Å². The van der Waals surface area contributed by atoms with Crippen LogP contribution in [-0.4, -0.2) is 19.2 Å². The summed E-state index contributed by atoms with van der Waals surface area (Å²) in [5, 5.41) is -0.0200. The lowest BCUT2D eigenvalue weighted by molar-refractivity contribution is -0.0493. The van der Waals surface area contributed by atoms with Crippen molar-refractivity contribution in [3.8, 4) is 0 Å². The molecule has 0 atom stereocenters. The molecular formula is C4H7F3O3S3. The maximum absolute atomic E-state index is 11.6. The van der Waals surface area contributed by atoms with Gasteiger partial charge in [-0.05, 0) is 0 Å². The van der Waals surface area contributed by atoms with Crippen LogP contribution in [0.1, 0.15) is 13.8 Å². The van der Waals surface area contributed by atoms with Crippen molar-refractivity contribution in [1.82, 2.24) is 0 Å². The van der Waals surface area contributed by atoms with Gasteiger partial charge in [0.25, 0.3) is 0 Å². The Morgan fingerprint density at radius 3 is 2.08 bits per heavy atom. The molecule has 0 aliphatic carbocycles. The molecule has 0 saturated heterocycles. The van der Waals surface area contributed by atoms with Gasteiger partial charge in [-0.2, -0.15) is 25.2 Å². The van der Waals surface area contributed by atoms with E-state index in [0.717, 1.165) is 10.8 Å². The summed E-state index contributed by atoms with van der Waals surface area (Å²) in [5.41, 5.74) is -5.35. The van der Waals surface area contributed by atoms with Gasteiger partial charge in [0.15, 0.2) is 0 Å². The van der Waals surface area contributed by atoms with Crippen LogP contribution in [0.3, 0.4) is 0 Å². The van der Waals surface area contributed by atoms with Crippen molar-refractivity contribution in [3.63, 3.8) is 0 Å². The van der Waals surface area contributed by atoms with Gasteiger partial charge in [-0.1, -0.05) is 24.6 Å². The molecular weight excluding hydrogens is 249 g/mol. The van der Waals surface area contributed by atoms with E-state index in [1.807, 2.05) is 0 Å². The molecule has 3 nitrogen and oxygen atoms in total. The summed E-state index contributed by atoms with van der Waals surface area (Å²) < 4.78 is 59.0. The Bertz CT molecular complexity index is 245. The van der Waals surface area contributed by atoms with E-state index in [4.69, 9.17) is 0 Å². The lowest BCUT2D eigenvalue weighted by Crippen LogP contribution is -2.23. The molecule has 0 saturated carbocycles. The second kappa shape index (κ2) is 4.76. The molecule has 0 aromatic carbocycles. The quantitative estimate of drug-likeness (QED) is 0.439. The minimum absolute atomic E-state index is 0.0200. The monoisotopic (exact) mass is 256 g/mol. The predicted molar refractivity (Wildman–Crippen MR) is 46.4 cm³/mol. The third-order valence-corrected chi connectivity index (χ3v) is 4.49. The Balaban J connectivity index is 4.07. The standard InChI is InChI=1S/C4H7F3O3S3/c1-3(2)11-12-10-13(8,9)4(5,6)7/h3H,1-2H3. The molecule has 0 aromatic heterocycles. The second-order valence-corrected chi connectivity index (χ2v) is 6.35. The van der Waals surface area contributed by atoms with Gasteiger partial charge in [0, 0.05) is 5.25 Å². The van der Waals surface area contributed by atoms with Crippen molar-refractivity contribution in [2.75, 3.05) is 0 Å². The third kappa shape index (κ3) is 4.99. The molecule has 0 fully saturated rings. The molecule has 13 heavy (non-hydrogen) atoms. The zero-order valence-corrected chi connectivity index (χ0v) is 9.11. The molecule has 0 bridgehead atoms. The van der Waals surface area contributed by atoms with Crippen molar-refractivity contribution in [3.05, 3.63) is 0 Å². The van der Waals surface area contributed by atoms with E-state index in [1.165, 1.54) is 0 Å². The molecule has 0 aromatic rings. The number of hydrogen-bond acceptors (Lipinski definition) is 5. The number of halogens is 3. The topological polar surface area (TPSA) is 43.4 Å². The molecule has 0 amide bonds. The van der Waals surface area contributed by atoms with Crippen molar-refractivity contribution in [2.24, 2.45) is 0 Å². The number of rotatable bonds is 4. The Morgan fingerprint density at radius 2 is 1.77 bits per heavy atom. The summed E-state index contributed by atoms with van der Waals surface area (Å²) in [5.74, 6) is 0. The minimum atomic E-state index is -5.45. The van der Waals surface area contributed by atoms with Gasteiger partial charge in [-0.15, -0.1) is 0 Å². The highest BCUT2D eigenvalue weighted by atomic mass is 33.1. The predicted octanol–water partition coefficient (Wildman–Crippen LogP) is 2.56. The number of hydrogen-bond donors (Lipinski definition) is 0. The first-order chi connectivity index (χ1) is 5.67. The van der Waals surface area contributed by atoms with Crippen LogP contribution >= 0.6 is 21.9 Å². The zero-order chi connectivity index (χ0) is 10.7. The summed E-state index contributed by atoms with van der Waals surface area (Å²) in [6.45, 7) is 3.39. The van der Waals surface area contributed by atoms with Crippen molar-refractivity contribution in [1.29, 1.82) is 0 Å². The Kier molecular flexibility index (Phi) is 4.91. The summed E-state index contributed by atoms with van der Waals surface area (Å²) in [6, 6.07) is 0. The lowest BCUT2D eigenvalue weighted by atomic mass is 10.6. The molecule has 80 valence electrons. The normalized spacial score (nSPS) is 13.7. The third-order valence-electron chi connectivity index (χ3n) is 0.633. The van der Waals surface area contributed by atoms with E-state index in [2.05, 4.69) is 3.63 Å². The van der Waals surface area contributed by atoms with Crippen LogP contribution in [0.2, 0.25) is 0 Å². The average Bonchev–Trinajstić information content (AvgIpc) is 1.82. The van der Waals surface area contributed by atoms with Gasteiger partial charge in [0.2, 0.25) is 0 Å². The summed E-state index contributed by atoms with van der Waals surface area (Å²) in [6.07, 6.45) is 0. The van der Waals surface area contributed by atoms with Crippen LogP contribution in [0.25, 0.3) is 0 Å². The van der Waals surface area contributed by atoms with Crippen LogP contribution in [0, 0.1) is 0 Å². The molecule has 0 spiro atoms. The van der Waals surface area contributed by atoms with Crippen molar-refractivity contribution < 1.29 is 25.2 Å². The van der Waals surface area contributed by atoms with Gasteiger partial charge in [-0.3, -0.25) is 0 Å². The van der Waals surface area contributed by atoms with Gasteiger partial charge in [0.1, 0.15) is 0 Å². The lowest BCUT2D eigenvalue weighted by Gasteiger charge is -2.06. The Hall–Kier alpha value is 0.400. The highest BCUT2D eigenvalue weighted by molar-refractivity contribution is 8.75. The van der Waals surface area contributed by atoms with E-state index in [9.17, 15) is 21.6 Å². The van der Waals surface area contributed by atoms with E-state index >= 15 is 0 Å². The fourth-order valence-electron chi connectivity index (χ4n) is 0.170. The number of alkyl halides is 3. The SMILES string of the molecule is CC(C)SSOS(=O)(=O)C(F)(F)F. The summed E-state index contributed by atoms with van der Waals surface area (Å²) in [7, 11) is -4.56.